The highest BCUT2D eigenvalue weighted by molar-refractivity contribution is 6.32. The Morgan fingerprint density at radius 2 is 2.07 bits per heavy atom. The summed E-state index contributed by atoms with van der Waals surface area (Å²) in [5.74, 6) is 0.179. The first-order valence-electron chi connectivity index (χ1n) is 4.65. The van der Waals surface area contributed by atoms with E-state index in [0.29, 0.717) is 5.02 Å². The molecule has 0 aliphatic carbocycles. The maximum Gasteiger partial charge on any atom is 0.137 e. The quantitative estimate of drug-likeness (QED) is 0.811. The summed E-state index contributed by atoms with van der Waals surface area (Å²) in [6, 6.07) is 5.38. The summed E-state index contributed by atoms with van der Waals surface area (Å²) in [5, 5.41) is 10.0. The molecule has 0 radical (unpaired) electrons. The fourth-order valence-electron chi connectivity index (χ4n) is 1.22. The Morgan fingerprint density at radius 3 is 2.64 bits per heavy atom. The molecule has 3 N–H and O–H groups in total. The van der Waals surface area contributed by atoms with Crippen molar-refractivity contribution < 1.29 is 5.11 Å². The molecule has 0 spiro atoms. The average molecular weight is 214 g/mol. The summed E-state index contributed by atoms with van der Waals surface area (Å²) < 4.78 is 0. The molecule has 2 nitrogen and oxygen atoms in total. The number of aryl methyl sites for hydroxylation is 1. The molecule has 0 saturated carbocycles. The minimum atomic E-state index is -0.214. The van der Waals surface area contributed by atoms with Gasteiger partial charge in [-0.25, -0.2) is 0 Å². The Morgan fingerprint density at radius 1 is 1.43 bits per heavy atom. The molecule has 1 aromatic carbocycles. The minimum Gasteiger partial charge on any atom is -0.506 e. The van der Waals surface area contributed by atoms with Crippen molar-refractivity contribution in [3.63, 3.8) is 0 Å². The summed E-state index contributed by atoms with van der Waals surface area (Å²) in [6.07, 6.45) is 1.57. The van der Waals surface area contributed by atoms with Gasteiger partial charge in [-0.15, -0.1) is 0 Å². The third-order valence-electron chi connectivity index (χ3n) is 2.11. The van der Waals surface area contributed by atoms with E-state index in [2.05, 4.69) is 0 Å². The Kier molecular flexibility index (Phi) is 3.40. The van der Waals surface area contributed by atoms with E-state index in [1.54, 1.807) is 6.07 Å². The SMILES string of the molecule is CC(C)(N)CCc1cccc(Cl)c1O. The maximum atomic E-state index is 9.62. The third-order valence-corrected chi connectivity index (χ3v) is 2.41. The zero-order valence-electron chi connectivity index (χ0n) is 8.55. The van der Waals surface area contributed by atoms with Gasteiger partial charge in [-0.05, 0) is 38.3 Å². The van der Waals surface area contributed by atoms with Crippen molar-refractivity contribution in [2.75, 3.05) is 0 Å². The van der Waals surface area contributed by atoms with Crippen LogP contribution in [0, 0.1) is 0 Å². The summed E-state index contributed by atoms with van der Waals surface area (Å²) in [4.78, 5) is 0. The van der Waals surface area contributed by atoms with Gasteiger partial charge in [0.2, 0.25) is 0 Å². The number of hydrogen-bond acceptors (Lipinski definition) is 2. The lowest BCUT2D eigenvalue weighted by Crippen LogP contribution is -2.32. The summed E-state index contributed by atoms with van der Waals surface area (Å²) in [6.45, 7) is 3.93. The Labute approximate surface area is 89.7 Å². The van der Waals surface area contributed by atoms with Crippen LogP contribution in [-0.4, -0.2) is 10.6 Å². The molecule has 3 heteroatoms. The van der Waals surface area contributed by atoms with Crippen molar-refractivity contribution >= 4 is 11.6 Å². The van der Waals surface area contributed by atoms with Crippen LogP contribution >= 0.6 is 11.6 Å². The van der Waals surface area contributed by atoms with Gasteiger partial charge in [0.05, 0.1) is 5.02 Å². The largest absolute Gasteiger partial charge is 0.506 e. The summed E-state index contributed by atoms with van der Waals surface area (Å²) in [5.41, 5.74) is 6.50. The van der Waals surface area contributed by atoms with Crippen molar-refractivity contribution in [1.82, 2.24) is 0 Å². The molecule has 14 heavy (non-hydrogen) atoms. The number of aromatic hydroxyl groups is 1. The lowest BCUT2D eigenvalue weighted by Gasteiger charge is -2.18. The average Bonchev–Trinajstić information content (AvgIpc) is 2.06. The molecule has 1 aromatic rings. The highest BCUT2D eigenvalue weighted by Crippen LogP contribution is 2.28. The molecule has 0 bridgehead atoms. The number of hydrogen-bond donors (Lipinski definition) is 2. The van der Waals surface area contributed by atoms with Crippen LogP contribution in [0.1, 0.15) is 25.8 Å². The van der Waals surface area contributed by atoms with E-state index in [0.717, 1.165) is 18.4 Å². The van der Waals surface area contributed by atoms with Gasteiger partial charge in [0.15, 0.2) is 0 Å². The van der Waals surface area contributed by atoms with E-state index in [4.69, 9.17) is 17.3 Å². The van der Waals surface area contributed by atoms with Crippen molar-refractivity contribution in [2.45, 2.75) is 32.2 Å². The second kappa shape index (κ2) is 4.20. The Hall–Kier alpha value is -0.730. The second-order valence-electron chi connectivity index (χ2n) is 4.24. The van der Waals surface area contributed by atoms with E-state index < -0.39 is 0 Å². The van der Waals surface area contributed by atoms with Crippen molar-refractivity contribution in [1.29, 1.82) is 0 Å². The third kappa shape index (κ3) is 3.20. The van der Waals surface area contributed by atoms with E-state index >= 15 is 0 Å². The zero-order chi connectivity index (χ0) is 10.8. The first-order chi connectivity index (χ1) is 6.40. The number of nitrogens with two attached hydrogens (primary N) is 1. The van der Waals surface area contributed by atoms with Gasteiger partial charge in [0, 0.05) is 5.54 Å². The molecule has 78 valence electrons. The van der Waals surface area contributed by atoms with Crippen LogP contribution in [0.3, 0.4) is 0 Å². The second-order valence-corrected chi connectivity index (χ2v) is 4.64. The van der Waals surface area contributed by atoms with Crippen LogP contribution in [0.5, 0.6) is 5.75 Å². The van der Waals surface area contributed by atoms with Crippen LogP contribution in [0.25, 0.3) is 0 Å². The van der Waals surface area contributed by atoms with Gasteiger partial charge >= 0.3 is 0 Å². The molecule has 0 aromatic heterocycles. The highest BCUT2D eigenvalue weighted by Gasteiger charge is 2.12. The van der Waals surface area contributed by atoms with Crippen molar-refractivity contribution in [3.8, 4) is 5.75 Å². The maximum absolute atomic E-state index is 9.62. The van der Waals surface area contributed by atoms with Crippen LogP contribution in [0.15, 0.2) is 18.2 Å². The van der Waals surface area contributed by atoms with Crippen molar-refractivity contribution in [3.05, 3.63) is 28.8 Å². The lowest BCUT2D eigenvalue weighted by molar-refractivity contribution is 0.449. The Balaban J connectivity index is 2.73. The molecular formula is C11H16ClNO. The number of benzene rings is 1. The summed E-state index contributed by atoms with van der Waals surface area (Å²) in [7, 11) is 0. The molecule has 0 heterocycles. The Bertz CT molecular complexity index is 318. The molecule has 0 atom stereocenters. The molecule has 0 aliphatic heterocycles. The number of rotatable bonds is 3. The lowest BCUT2D eigenvalue weighted by atomic mass is 9.96. The normalized spacial score (nSPS) is 11.7. The van der Waals surface area contributed by atoms with Gasteiger partial charge in [0.1, 0.15) is 5.75 Å². The van der Waals surface area contributed by atoms with Gasteiger partial charge in [-0.3, -0.25) is 0 Å². The van der Waals surface area contributed by atoms with Gasteiger partial charge in [-0.2, -0.15) is 0 Å². The molecular weight excluding hydrogens is 198 g/mol. The highest BCUT2D eigenvalue weighted by atomic mass is 35.5. The molecule has 1 rings (SSSR count). The molecule has 0 fully saturated rings. The minimum absolute atomic E-state index is 0.179. The first kappa shape index (κ1) is 11.3. The van der Waals surface area contributed by atoms with Crippen LogP contribution < -0.4 is 5.73 Å². The van der Waals surface area contributed by atoms with E-state index in [1.165, 1.54) is 0 Å². The van der Waals surface area contributed by atoms with Gasteiger partial charge in [-0.1, -0.05) is 23.7 Å². The standard InChI is InChI=1S/C11H16ClNO/c1-11(2,13)7-6-8-4-3-5-9(12)10(8)14/h3-5,14H,6-7,13H2,1-2H3. The molecule has 0 unspecified atom stereocenters. The smallest absolute Gasteiger partial charge is 0.137 e. The fourth-order valence-corrected chi connectivity index (χ4v) is 1.41. The number of phenolic OH excluding ortho intramolecular Hbond substituents is 1. The van der Waals surface area contributed by atoms with Gasteiger partial charge in [0.25, 0.3) is 0 Å². The predicted octanol–water partition coefficient (Wildman–Crippen LogP) is 2.72. The van der Waals surface area contributed by atoms with Gasteiger partial charge < -0.3 is 10.8 Å². The van der Waals surface area contributed by atoms with Crippen LogP contribution in [-0.2, 0) is 6.42 Å². The first-order valence-corrected chi connectivity index (χ1v) is 5.03. The molecule has 0 amide bonds. The summed E-state index contributed by atoms with van der Waals surface area (Å²) >= 11 is 5.78. The monoisotopic (exact) mass is 213 g/mol. The predicted molar refractivity (Wildman–Crippen MR) is 59.7 cm³/mol. The van der Waals surface area contributed by atoms with Crippen LogP contribution in [0.2, 0.25) is 5.02 Å². The zero-order valence-corrected chi connectivity index (χ0v) is 9.30. The number of phenols is 1. The van der Waals surface area contributed by atoms with E-state index in [1.807, 2.05) is 26.0 Å². The van der Waals surface area contributed by atoms with Crippen LogP contribution in [0.4, 0.5) is 0 Å². The molecule has 0 aliphatic rings. The van der Waals surface area contributed by atoms with E-state index in [9.17, 15) is 5.11 Å². The number of halogens is 1. The fraction of sp³-hybridized carbons (Fsp3) is 0.455. The number of para-hydroxylation sites is 1. The van der Waals surface area contributed by atoms with Crippen molar-refractivity contribution in [2.24, 2.45) is 5.73 Å². The topological polar surface area (TPSA) is 46.2 Å². The van der Waals surface area contributed by atoms with E-state index in [-0.39, 0.29) is 11.3 Å². The molecule has 0 saturated heterocycles.